The highest BCUT2D eigenvalue weighted by molar-refractivity contribution is 7.89. The van der Waals surface area contributed by atoms with Gasteiger partial charge in [0, 0.05) is 52.6 Å². The van der Waals surface area contributed by atoms with E-state index in [0.29, 0.717) is 25.9 Å². The molecule has 2 amide bonds. The first-order valence-electron chi connectivity index (χ1n) is 9.00. The van der Waals surface area contributed by atoms with Gasteiger partial charge < -0.3 is 14.7 Å². The maximum atomic E-state index is 12.3. The van der Waals surface area contributed by atoms with Crippen LogP contribution in [-0.2, 0) is 26.0 Å². The number of hydrogen-bond donors (Lipinski definition) is 1. The molecule has 0 radical (unpaired) electrons. The van der Waals surface area contributed by atoms with Crippen LogP contribution >= 0.6 is 0 Å². The molecule has 0 aliphatic carbocycles. The number of piperazine rings is 1. The lowest BCUT2D eigenvalue weighted by molar-refractivity contribution is -0.134. The van der Waals surface area contributed by atoms with Crippen LogP contribution in [0.2, 0.25) is 0 Å². The summed E-state index contributed by atoms with van der Waals surface area (Å²) in [5.41, 5.74) is 0.902. The number of carbonyl (C=O) groups is 2. The molecule has 2 rings (SSSR count). The monoisotopic (exact) mass is 396 g/mol. The molecule has 1 aromatic rings. The summed E-state index contributed by atoms with van der Waals surface area (Å²) in [5.74, 6) is -0.00538. The molecule has 1 aliphatic heterocycles. The van der Waals surface area contributed by atoms with Crippen LogP contribution in [0.1, 0.15) is 18.9 Å². The van der Waals surface area contributed by atoms with Gasteiger partial charge in [-0.3, -0.25) is 9.59 Å². The van der Waals surface area contributed by atoms with Gasteiger partial charge in [-0.2, -0.15) is 0 Å². The average Bonchev–Trinajstić information content (AvgIpc) is 2.61. The third-order valence-electron chi connectivity index (χ3n) is 4.82. The van der Waals surface area contributed by atoms with Crippen molar-refractivity contribution < 1.29 is 18.0 Å². The fraction of sp³-hybridized carbons (Fsp3) is 0.556. The van der Waals surface area contributed by atoms with Crippen LogP contribution in [0, 0.1) is 0 Å². The molecule has 1 saturated heterocycles. The van der Waals surface area contributed by atoms with Gasteiger partial charge in [0.25, 0.3) is 0 Å². The van der Waals surface area contributed by atoms with E-state index in [9.17, 15) is 18.0 Å². The number of sulfonamides is 1. The quantitative estimate of drug-likeness (QED) is 0.692. The highest BCUT2D eigenvalue weighted by Gasteiger charge is 2.20. The minimum atomic E-state index is -3.71. The molecule has 1 aromatic carbocycles. The van der Waals surface area contributed by atoms with Gasteiger partial charge in [0.05, 0.1) is 4.90 Å². The summed E-state index contributed by atoms with van der Waals surface area (Å²) in [6.07, 6.45) is 0.890. The molecule has 0 unspecified atom stereocenters. The van der Waals surface area contributed by atoms with Crippen molar-refractivity contribution in [3.05, 3.63) is 29.8 Å². The number of hydrogen-bond acceptors (Lipinski definition) is 5. The first-order valence-corrected chi connectivity index (χ1v) is 10.5. The first-order chi connectivity index (χ1) is 12.7. The van der Waals surface area contributed by atoms with Crippen LogP contribution in [0.3, 0.4) is 0 Å². The van der Waals surface area contributed by atoms with Crippen molar-refractivity contribution in [3.63, 3.8) is 0 Å². The van der Waals surface area contributed by atoms with Gasteiger partial charge in [0.2, 0.25) is 21.8 Å². The second-order valence-electron chi connectivity index (χ2n) is 6.88. The number of primary sulfonamides is 1. The Labute approximate surface area is 161 Å². The molecule has 27 heavy (non-hydrogen) atoms. The molecule has 0 aromatic heterocycles. The average molecular weight is 397 g/mol. The van der Waals surface area contributed by atoms with Crippen molar-refractivity contribution in [1.29, 1.82) is 0 Å². The topological polar surface area (TPSA) is 104 Å². The van der Waals surface area contributed by atoms with Crippen molar-refractivity contribution in [2.45, 2.75) is 24.7 Å². The lowest BCUT2D eigenvalue weighted by atomic mass is 10.1. The molecule has 8 nitrogen and oxygen atoms in total. The predicted molar refractivity (Wildman–Crippen MR) is 102 cm³/mol. The Hall–Kier alpha value is -1.97. The highest BCUT2D eigenvalue weighted by Crippen LogP contribution is 2.10. The van der Waals surface area contributed by atoms with Crippen molar-refractivity contribution >= 4 is 21.8 Å². The van der Waals surface area contributed by atoms with Crippen molar-refractivity contribution in [2.24, 2.45) is 5.14 Å². The number of nitrogens with zero attached hydrogens (tertiary/aromatic N) is 3. The summed E-state index contributed by atoms with van der Waals surface area (Å²) in [7, 11) is -1.67. The van der Waals surface area contributed by atoms with Crippen LogP contribution in [-0.4, -0.2) is 81.2 Å². The largest absolute Gasteiger partial charge is 0.342 e. The van der Waals surface area contributed by atoms with Crippen LogP contribution < -0.4 is 5.14 Å². The Balaban J connectivity index is 1.84. The lowest BCUT2D eigenvalue weighted by Gasteiger charge is -2.33. The summed E-state index contributed by atoms with van der Waals surface area (Å²) >= 11 is 0. The normalized spacial score (nSPS) is 15.6. The zero-order chi connectivity index (χ0) is 20.0. The molecular formula is C18H28N4O4S. The molecule has 0 spiro atoms. The number of benzene rings is 1. The molecule has 1 heterocycles. The summed E-state index contributed by atoms with van der Waals surface area (Å²) in [6, 6.07) is 6.29. The van der Waals surface area contributed by atoms with Crippen LogP contribution in [0.15, 0.2) is 29.2 Å². The fourth-order valence-corrected chi connectivity index (χ4v) is 3.50. The standard InChI is InChI=1S/C18H28N4O4S/c1-15(23)21(10-8-18(24)22-13-11-20(2)12-14-22)9-7-16-3-5-17(6-4-16)27(19,25)26/h3-6H,7-14H2,1-2H3,(H2,19,25,26). The molecule has 2 N–H and O–H groups in total. The maximum absolute atomic E-state index is 12.3. The van der Waals surface area contributed by atoms with E-state index in [0.717, 1.165) is 31.7 Å². The third kappa shape index (κ3) is 6.60. The van der Waals surface area contributed by atoms with E-state index in [2.05, 4.69) is 4.90 Å². The molecular weight excluding hydrogens is 368 g/mol. The number of rotatable bonds is 7. The third-order valence-corrected chi connectivity index (χ3v) is 5.75. The van der Waals surface area contributed by atoms with Gasteiger partial charge in [0.15, 0.2) is 0 Å². The summed E-state index contributed by atoms with van der Waals surface area (Å²) < 4.78 is 22.6. The Bertz CT molecular complexity index is 756. The van der Waals surface area contributed by atoms with E-state index in [-0.39, 0.29) is 16.7 Å². The van der Waals surface area contributed by atoms with Crippen LogP contribution in [0.25, 0.3) is 0 Å². The van der Waals surface area contributed by atoms with Gasteiger partial charge in [0.1, 0.15) is 0 Å². The van der Waals surface area contributed by atoms with E-state index in [1.54, 1.807) is 17.0 Å². The van der Waals surface area contributed by atoms with Gasteiger partial charge in [-0.15, -0.1) is 0 Å². The van der Waals surface area contributed by atoms with E-state index in [1.807, 2.05) is 11.9 Å². The molecule has 0 saturated carbocycles. The zero-order valence-electron chi connectivity index (χ0n) is 15.9. The van der Waals surface area contributed by atoms with E-state index in [4.69, 9.17) is 5.14 Å². The van der Waals surface area contributed by atoms with Crippen molar-refractivity contribution in [1.82, 2.24) is 14.7 Å². The SMILES string of the molecule is CC(=O)N(CCC(=O)N1CCN(C)CC1)CCc1ccc(S(N)(=O)=O)cc1. The molecule has 9 heteroatoms. The van der Waals surface area contributed by atoms with Gasteiger partial charge in [-0.05, 0) is 31.2 Å². The number of carbonyl (C=O) groups excluding carboxylic acids is 2. The highest BCUT2D eigenvalue weighted by atomic mass is 32.2. The number of amides is 2. The summed E-state index contributed by atoms with van der Waals surface area (Å²) in [5, 5.41) is 5.09. The van der Waals surface area contributed by atoms with Gasteiger partial charge >= 0.3 is 0 Å². The van der Waals surface area contributed by atoms with Gasteiger partial charge in [-0.25, -0.2) is 13.6 Å². The Kier molecular flexibility index (Phi) is 7.34. The van der Waals surface area contributed by atoms with E-state index >= 15 is 0 Å². The van der Waals surface area contributed by atoms with Crippen molar-refractivity contribution in [2.75, 3.05) is 46.3 Å². The minimum absolute atomic E-state index is 0.0625. The summed E-state index contributed by atoms with van der Waals surface area (Å²) in [4.78, 5) is 30.0. The Morgan fingerprint density at radius 1 is 1.07 bits per heavy atom. The number of nitrogens with two attached hydrogens (primary N) is 1. The lowest BCUT2D eigenvalue weighted by Crippen LogP contribution is -2.48. The zero-order valence-corrected chi connectivity index (χ0v) is 16.7. The second kappa shape index (κ2) is 9.29. The fourth-order valence-electron chi connectivity index (χ4n) is 2.98. The number of likely N-dealkylation sites (N-methyl/N-ethyl adjacent to an activating group) is 1. The first kappa shape index (κ1) is 21.3. The smallest absolute Gasteiger partial charge is 0.238 e. The molecule has 0 atom stereocenters. The molecule has 0 bridgehead atoms. The molecule has 150 valence electrons. The second-order valence-corrected chi connectivity index (χ2v) is 8.44. The molecule has 1 aliphatic rings. The minimum Gasteiger partial charge on any atom is -0.342 e. The maximum Gasteiger partial charge on any atom is 0.238 e. The van der Waals surface area contributed by atoms with E-state index in [1.165, 1.54) is 19.1 Å². The van der Waals surface area contributed by atoms with Crippen molar-refractivity contribution in [3.8, 4) is 0 Å². The van der Waals surface area contributed by atoms with Crippen LogP contribution in [0.4, 0.5) is 0 Å². The van der Waals surface area contributed by atoms with E-state index < -0.39 is 10.0 Å². The Morgan fingerprint density at radius 2 is 1.67 bits per heavy atom. The predicted octanol–water partition coefficient (Wildman–Crippen LogP) is -0.111. The Morgan fingerprint density at radius 3 is 2.19 bits per heavy atom. The summed E-state index contributed by atoms with van der Waals surface area (Å²) in [6.45, 7) is 5.55. The molecule has 1 fully saturated rings. The van der Waals surface area contributed by atoms with Gasteiger partial charge in [-0.1, -0.05) is 12.1 Å². The van der Waals surface area contributed by atoms with Crippen LogP contribution in [0.5, 0.6) is 0 Å².